The highest BCUT2D eigenvalue weighted by molar-refractivity contribution is 7.99. The Morgan fingerprint density at radius 2 is 2.53 bits per heavy atom. The molecule has 0 saturated heterocycles. The van der Waals surface area contributed by atoms with E-state index in [1.807, 2.05) is 0 Å². The van der Waals surface area contributed by atoms with Gasteiger partial charge in [0.05, 0.1) is 13.3 Å². The van der Waals surface area contributed by atoms with Crippen molar-refractivity contribution in [3.05, 3.63) is 16.6 Å². The lowest BCUT2D eigenvalue weighted by Crippen LogP contribution is -2.26. The molecule has 80 valence electrons. The maximum atomic E-state index is 11.8. The highest BCUT2D eigenvalue weighted by atomic mass is 32.2. The first-order valence-electron chi connectivity index (χ1n) is 4.30. The lowest BCUT2D eigenvalue weighted by Gasteiger charge is -2.05. The van der Waals surface area contributed by atoms with Gasteiger partial charge in [-0.05, 0) is 0 Å². The van der Waals surface area contributed by atoms with Gasteiger partial charge in [0.25, 0.3) is 5.56 Å². The molecule has 0 spiro atoms. The molecule has 1 N–H and O–H groups in total. The van der Waals surface area contributed by atoms with E-state index < -0.39 is 6.09 Å². The van der Waals surface area contributed by atoms with Gasteiger partial charge in [0.2, 0.25) is 0 Å². The van der Waals surface area contributed by atoms with Crippen LogP contribution in [-0.2, 0) is 11.3 Å². The van der Waals surface area contributed by atoms with E-state index in [-0.39, 0.29) is 11.2 Å². The van der Waals surface area contributed by atoms with Crippen LogP contribution < -0.4 is 10.9 Å². The number of carbonyl (C=O) groups is 1. The molecule has 2 rings (SSSR count). The number of anilines is 1. The fourth-order valence-corrected chi connectivity index (χ4v) is 2.18. The fourth-order valence-electron chi connectivity index (χ4n) is 1.26. The van der Waals surface area contributed by atoms with Crippen LogP contribution in [-0.4, -0.2) is 28.5 Å². The van der Waals surface area contributed by atoms with E-state index in [0.717, 1.165) is 5.75 Å². The van der Waals surface area contributed by atoms with Gasteiger partial charge in [0, 0.05) is 12.3 Å². The lowest BCUT2D eigenvalue weighted by molar-refractivity contribution is 0.187. The first-order chi connectivity index (χ1) is 7.22. The largest absolute Gasteiger partial charge is 0.453 e. The topological polar surface area (TPSA) is 73.2 Å². The van der Waals surface area contributed by atoms with Crippen molar-refractivity contribution in [3.63, 3.8) is 0 Å². The Kier molecular flexibility index (Phi) is 2.63. The molecule has 0 atom stereocenters. The highest BCUT2D eigenvalue weighted by Gasteiger charge is 2.16. The Morgan fingerprint density at radius 1 is 1.73 bits per heavy atom. The number of nitrogens with zero attached hydrogens (tertiary/aromatic N) is 2. The number of nitrogens with one attached hydrogen (secondary N) is 1. The highest BCUT2D eigenvalue weighted by Crippen LogP contribution is 2.21. The number of methoxy groups -OCH3 is 1. The van der Waals surface area contributed by atoms with Gasteiger partial charge < -0.3 is 4.74 Å². The van der Waals surface area contributed by atoms with Gasteiger partial charge in [-0.2, -0.15) is 0 Å². The SMILES string of the molecule is COC(=O)Nc1cnc2n(c1=O)CCS2. The fraction of sp³-hybridized carbons (Fsp3) is 0.375. The van der Waals surface area contributed by atoms with Crippen molar-refractivity contribution < 1.29 is 9.53 Å². The predicted molar refractivity (Wildman–Crippen MR) is 55.2 cm³/mol. The maximum absolute atomic E-state index is 11.8. The van der Waals surface area contributed by atoms with Crippen LogP contribution in [0.4, 0.5) is 10.5 Å². The predicted octanol–water partition coefficient (Wildman–Crippen LogP) is 0.527. The molecular formula is C8H9N3O3S. The van der Waals surface area contributed by atoms with Gasteiger partial charge in [-0.3, -0.25) is 14.7 Å². The minimum atomic E-state index is -0.667. The quantitative estimate of drug-likeness (QED) is 0.708. The number of hydrogen-bond acceptors (Lipinski definition) is 5. The molecular weight excluding hydrogens is 218 g/mol. The summed E-state index contributed by atoms with van der Waals surface area (Å²) in [6.45, 7) is 0.628. The minimum absolute atomic E-state index is 0.146. The van der Waals surface area contributed by atoms with Gasteiger partial charge in [-0.1, -0.05) is 11.8 Å². The summed E-state index contributed by atoms with van der Waals surface area (Å²) in [4.78, 5) is 26.7. The van der Waals surface area contributed by atoms with Crippen molar-refractivity contribution >= 4 is 23.5 Å². The van der Waals surface area contributed by atoms with Crippen molar-refractivity contribution in [2.24, 2.45) is 0 Å². The van der Waals surface area contributed by atoms with Gasteiger partial charge in [0.1, 0.15) is 5.69 Å². The Labute approximate surface area is 89.6 Å². The molecule has 1 aliphatic rings. The third-order valence-corrected chi connectivity index (χ3v) is 2.95. The molecule has 7 heteroatoms. The molecule has 0 bridgehead atoms. The zero-order valence-corrected chi connectivity index (χ0v) is 8.84. The average molecular weight is 227 g/mol. The molecule has 0 fully saturated rings. The number of carbonyl (C=O) groups excluding carboxylic acids is 1. The van der Waals surface area contributed by atoms with E-state index in [1.54, 1.807) is 0 Å². The van der Waals surface area contributed by atoms with E-state index in [1.165, 1.54) is 29.6 Å². The number of thioether (sulfide) groups is 1. The van der Waals surface area contributed by atoms with E-state index in [0.29, 0.717) is 11.7 Å². The average Bonchev–Trinajstić information content (AvgIpc) is 2.70. The molecule has 15 heavy (non-hydrogen) atoms. The molecule has 6 nitrogen and oxygen atoms in total. The summed E-state index contributed by atoms with van der Waals surface area (Å²) < 4.78 is 5.93. The minimum Gasteiger partial charge on any atom is -0.453 e. The molecule has 0 unspecified atom stereocenters. The summed E-state index contributed by atoms with van der Waals surface area (Å²) in [5, 5.41) is 3.01. The van der Waals surface area contributed by atoms with Crippen LogP contribution in [0.25, 0.3) is 0 Å². The van der Waals surface area contributed by atoms with Crippen molar-refractivity contribution in [3.8, 4) is 0 Å². The van der Waals surface area contributed by atoms with E-state index >= 15 is 0 Å². The van der Waals surface area contributed by atoms with Crippen molar-refractivity contribution in [2.45, 2.75) is 11.7 Å². The normalized spacial score (nSPS) is 13.4. The summed E-state index contributed by atoms with van der Waals surface area (Å²) in [6.07, 6.45) is 0.684. The Hall–Kier alpha value is -1.50. The summed E-state index contributed by atoms with van der Waals surface area (Å²) >= 11 is 1.52. The smallest absolute Gasteiger partial charge is 0.411 e. The molecule has 0 aromatic carbocycles. The third-order valence-electron chi connectivity index (χ3n) is 1.98. The second-order valence-corrected chi connectivity index (χ2v) is 3.94. The van der Waals surface area contributed by atoms with Crippen LogP contribution in [0.2, 0.25) is 0 Å². The second kappa shape index (κ2) is 3.93. The van der Waals surface area contributed by atoms with Crippen LogP contribution in [0.1, 0.15) is 0 Å². The molecule has 2 heterocycles. The molecule has 0 saturated carbocycles. The van der Waals surface area contributed by atoms with Crippen LogP contribution >= 0.6 is 11.8 Å². The number of aromatic nitrogens is 2. The third kappa shape index (κ3) is 1.82. The van der Waals surface area contributed by atoms with E-state index in [9.17, 15) is 9.59 Å². The standard InChI is InChI=1S/C8H9N3O3S/c1-14-8(13)10-5-4-9-7-11(6(5)12)2-3-15-7/h4H,2-3H2,1H3,(H,10,13). The Bertz CT molecular complexity index is 457. The number of hydrogen-bond donors (Lipinski definition) is 1. The van der Waals surface area contributed by atoms with Gasteiger partial charge >= 0.3 is 6.09 Å². The first kappa shape index (κ1) is 10.0. The molecule has 1 amide bonds. The molecule has 0 aliphatic carbocycles. The molecule has 0 radical (unpaired) electrons. The van der Waals surface area contributed by atoms with Crippen molar-refractivity contribution in [1.82, 2.24) is 9.55 Å². The zero-order chi connectivity index (χ0) is 10.8. The summed E-state index contributed by atoms with van der Waals surface area (Å²) in [6, 6.07) is 0. The Balaban J connectivity index is 2.35. The molecule has 1 aromatic rings. The van der Waals surface area contributed by atoms with Crippen LogP contribution in [0.5, 0.6) is 0 Å². The maximum Gasteiger partial charge on any atom is 0.411 e. The van der Waals surface area contributed by atoms with Crippen LogP contribution in [0.3, 0.4) is 0 Å². The molecule has 1 aromatic heterocycles. The summed E-state index contributed by atoms with van der Waals surface area (Å²) in [5.74, 6) is 0.837. The van der Waals surface area contributed by atoms with Gasteiger partial charge in [-0.15, -0.1) is 0 Å². The first-order valence-corrected chi connectivity index (χ1v) is 5.28. The van der Waals surface area contributed by atoms with Crippen molar-refractivity contribution in [1.29, 1.82) is 0 Å². The summed E-state index contributed by atoms with van der Waals surface area (Å²) in [5.41, 5.74) is -0.0940. The number of fused-ring (bicyclic) bond motifs is 1. The molecule has 1 aliphatic heterocycles. The summed E-state index contributed by atoms with van der Waals surface area (Å²) in [7, 11) is 1.24. The number of ether oxygens (including phenoxy) is 1. The monoisotopic (exact) mass is 227 g/mol. The number of amides is 1. The number of rotatable bonds is 1. The van der Waals surface area contributed by atoms with Gasteiger partial charge in [-0.25, -0.2) is 9.78 Å². The van der Waals surface area contributed by atoms with Crippen LogP contribution in [0, 0.1) is 0 Å². The zero-order valence-electron chi connectivity index (χ0n) is 8.02. The van der Waals surface area contributed by atoms with Crippen LogP contribution in [0.15, 0.2) is 16.1 Å². The van der Waals surface area contributed by atoms with Gasteiger partial charge in [0.15, 0.2) is 5.16 Å². The van der Waals surface area contributed by atoms with E-state index in [2.05, 4.69) is 15.0 Å². The Morgan fingerprint density at radius 3 is 3.27 bits per heavy atom. The van der Waals surface area contributed by atoms with E-state index in [4.69, 9.17) is 0 Å². The lowest BCUT2D eigenvalue weighted by atomic mass is 10.5. The second-order valence-electron chi connectivity index (χ2n) is 2.88. The van der Waals surface area contributed by atoms with Crippen molar-refractivity contribution in [2.75, 3.05) is 18.2 Å².